The van der Waals surface area contributed by atoms with E-state index in [2.05, 4.69) is 19.9 Å². The third kappa shape index (κ3) is 5.11. The number of benzene rings is 1. The summed E-state index contributed by atoms with van der Waals surface area (Å²) in [7, 11) is -3.90. The number of aromatic nitrogens is 2. The van der Waals surface area contributed by atoms with Crippen molar-refractivity contribution in [3.63, 3.8) is 0 Å². The van der Waals surface area contributed by atoms with Crippen LogP contribution in [0, 0.1) is 5.92 Å². The second-order valence-electron chi connectivity index (χ2n) is 8.33. The molecule has 0 bridgehead atoms. The molecule has 0 radical (unpaired) electrons. The quantitative estimate of drug-likeness (QED) is 0.374. The zero-order valence-electron chi connectivity index (χ0n) is 19.6. The topological polar surface area (TPSA) is 135 Å². The van der Waals surface area contributed by atoms with Crippen molar-refractivity contribution in [3.05, 3.63) is 51.6 Å². The molecule has 13 heteroatoms. The molecule has 2 unspecified atom stereocenters. The van der Waals surface area contributed by atoms with E-state index in [1.807, 2.05) is 25.3 Å². The van der Waals surface area contributed by atoms with Gasteiger partial charge in [-0.05, 0) is 42.0 Å². The normalized spacial score (nSPS) is 18.0. The molecule has 1 aliphatic heterocycles. The summed E-state index contributed by atoms with van der Waals surface area (Å²) >= 11 is 1.37. The molecular weight excluding hydrogens is 509 g/mol. The maximum atomic E-state index is 13.7. The number of hydrogen-bond donors (Lipinski definition) is 3. The fraction of sp³-hybridized carbons (Fsp3) is 0.318. The van der Waals surface area contributed by atoms with E-state index in [1.165, 1.54) is 29.4 Å². The second kappa shape index (κ2) is 10.1. The molecule has 186 valence electrons. The molecule has 0 amide bonds. The molecule has 3 N–H and O–H groups in total. The van der Waals surface area contributed by atoms with E-state index in [0.717, 1.165) is 0 Å². The van der Waals surface area contributed by atoms with Crippen molar-refractivity contribution in [1.82, 2.24) is 9.78 Å². The summed E-state index contributed by atoms with van der Waals surface area (Å²) in [6, 6.07) is 8.44. The predicted octanol–water partition coefficient (Wildman–Crippen LogP) is 3.77. The minimum atomic E-state index is -3.83. The SMILES string of the molecule is COP1(=O)N=C(c2c(O)c(-c3cccs3)nn(CCC(C)C)c2=O)Nc2ccc(NS(C)=O)cc21. The van der Waals surface area contributed by atoms with E-state index < -0.39 is 24.1 Å². The van der Waals surface area contributed by atoms with Gasteiger partial charge in [0.1, 0.15) is 22.2 Å². The van der Waals surface area contributed by atoms with Crippen LogP contribution in [-0.2, 0) is 26.6 Å². The Labute approximate surface area is 209 Å². The summed E-state index contributed by atoms with van der Waals surface area (Å²) in [6.07, 6.45) is 2.18. The average molecular weight is 536 g/mol. The number of amidine groups is 1. The van der Waals surface area contributed by atoms with Crippen LogP contribution < -0.4 is 20.9 Å². The third-order valence-corrected chi connectivity index (χ3v) is 8.67. The molecule has 3 aromatic rings. The van der Waals surface area contributed by atoms with E-state index in [-0.39, 0.29) is 28.1 Å². The van der Waals surface area contributed by atoms with Crippen molar-refractivity contribution in [2.45, 2.75) is 26.8 Å². The van der Waals surface area contributed by atoms with Gasteiger partial charge in [-0.1, -0.05) is 19.9 Å². The number of anilines is 2. The van der Waals surface area contributed by atoms with Gasteiger partial charge in [0, 0.05) is 25.6 Å². The summed E-state index contributed by atoms with van der Waals surface area (Å²) in [5.74, 6) is -0.0872. The van der Waals surface area contributed by atoms with Gasteiger partial charge < -0.3 is 19.7 Å². The number of thiophene rings is 1. The highest BCUT2D eigenvalue weighted by atomic mass is 32.2. The van der Waals surface area contributed by atoms with Crippen LogP contribution in [0.3, 0.4) is 0 Å². The maximum Gasteiger partial charge on any atom is 0.348 e. The van der Waals surface area contributed by atoms with E-state index in [4.69, 9.17) is 4.52 Å². The molecule has 0 saturated heterocycles. The zero-order chi connectivity index (χ0) is 25.3. The Kier molecular flexibility index (Phi) is 7.27. The van der Waals surface area contributed by atoms with Gasteiger partial charge in [0.25, 0.3) is 5.56 Å². The summed E-state index contributed by atoms with van der Waals surface area (Å²) in [6.45, 7) is 4.43. The van der Waals surface area contributed by atoms with Crippen LogP contribution in [0.2, 0.25) is 0 Å². The lowest BCUT2D eigenvalue weighted by atomic mass is 10.1. The summed E-state index contributed by atoms with van der Waals surface area (Å²) < 4.78 is 39.0. The molecule has 2 aromatic heterocycles. The molecule has 4 rings (SSSR count). The highest BCUT2D eigenvalue weighted by Crippen LogP contribution is 2.52. The first kappa shape index (κ1) is 25.3. The summed E-state index contributed by atoms with van der Waals surface area (Å²) in [5, 5.41) is 20.7. The van der Waals surface area contributed by atoms with Crippen molar-refractivity contribution in [3.8, 4) is 16.3 Å². The Balaban J connectivity index is 1.89. The van der Waals surface area contributed by atoms with E-state index in [9.17, 15) is 18.7 Å². The molecule has 10 nitrogen and oxygen atoms in total. The Morgan fingerprint density at radius 3 is 2.74 bits per heavy atom. The molecule has 0 aliphatic carbocycles. The predicted molar refractivity (Wildman–Crippen MR) is 141 cm³/mol. The number of aromatic hydroxyl groups is 1. The standard InChI is InChI=1S/C22H26N5O5PS2/c1-13(2)9-10-27-22(29)18(20(28)19(24-27)17-6-5-11-34-17)21-23-15-8-7-14(26-35(4)31)12-16(15)33(30,25-21)32-3/h5-8,11-13,26,28H,9-10H2,1-4H3,(H,23,25,30). The van der Waals surface area contributed by atoms with Crippen molar-refractivity contribution in [1.29, 1.82) is 0 Å². The largest absolute Gasteiger partial charge is 0.505 e. The van der Waals surface area contributed by atoms with Crippen LogP contribution in [0.15, 0.2) is 45.3 Å². The van der Waals surface area contributed by atoms with Crippen molar-refractivity contribution >= 4 is 52.4 Å². The molecule has 0 saturated carbocycles. The van der Waals surface area contributed by atoms with Crippen LogP contribution >= 0.6 is 18.9 Å². The number of aryl methyl sites for hydroxylation is 1. The molecule has 2 atom stereocenters. The van der Waals surface area contributed by atoms with Crippen LogP contribution in [0.1, 0.15) is 25.8 Å². The van der Waals surface area contributed by atoms with Gasteiger partial charge in [-0.2, -0.15) is 9.86 Å². The lowest BCUT2D eigenvalue weighted by molar-refractivity contribution is 0.404. The van der Waals surface area contributed by atoms with Crippen LogP contribution in [-0.4, -0.2) is 38.3 Å². The van der Waals surface area contributed by atoms with Gasteiger partial charge in [0.2, 0.25) is 0 Å². The van der Waals surface area contributed by atoms with Gasteiger partial charge in [0.05, 0.1) is 15.9 Å². The van der Waals surface area contributed by atoms with Crippen molar-refractivity contribution < 1.29 is 18.4 Å². The van der Waals surface area contributed by atoms with Crippen LogP contribution in [0.25, 0.3) is 10.6 Å². The molecule has 1 aromatic carbocycles. The fourth-order valence-electron chi connectivity index (χ4n) is 3.58. The Hall–Kier alpha value is -2.79. The van der Waals surface area contributed by atoms with Crippen LogP contribution in [0.4, 0.5) is 11.4 Å². The number of rotatable bonds is 8. The van der Waals surface area contributed by atoms with E-state index >= 15 is 0 Å². The highest BCUT2D eigenvalue weighted by Gasteiger charge is 2.36. The van der Waals surface area contributed by atoms with Gasteiger partial charge in [-0.15, -0.1) is 11.3 Å². The minimum absolute atomic E-state index is 0.0662. The number of fused-ring (bicyclic) bond motifs is 1. The first-order valence-corrected chi connectivity index (χ1v) is 14.8. The number of nitrogens with one attached hydrogen (secondary N) is 2. The Bertz CT molecular complexity index is 1420. The van der Waals surface area contributed by atoms with Gasteiger partial charge in [0.15, 0.2) is 11.6 Å². The minimum Gasteiger partial charge on any atom is -0.505 e. The third-order valence-electron chi connectivity index (χ3n) is 5.34. The maximum absolute atomic E-state index is 13.7. The molecule has 0 spiro atoms. The highest BCUT2D eigenvalue weighted by molar-refractivity contribution is 7.85. The molecule has 3 heterocycles. The van der Waals surface area contributed by atoms with E-state index in [1.54, 1.807) is 24.3 Å². The van der Waals surface area contributed by atoms with Gasteiger partial charge >= 0.3 is 7.52 Å². The first-order chi connectivity index (χ1) is 16.6. The first-order valence-electron chi connectivity index (χ1n) is 10.8. The van der Waals surface area contributed by atoms with Crippen molar-refractivity contribution in [2.24, 2.45) is 10.7 Å². The Morgan fingerprint density at radius 1 is 1.34 bits per heavy atom. The van der Waals surface area contributed by atoms with Gasteiger partial charge in [-0.3, -0.25) is 9.36 Å². The second-order valence-corrected chi connectivity index (χ2v) is 12.5. The molecule has 0 fully saturated rings. The zero-order valence-corrected chi connectivity index (χ0v) is 22.2. The fourth-order valence-corrected chi connectivity index (χ4v) is 6.28. The summed E-state index contributed by atoms with van der Waals surface area (Å²) in [4.78, 5) is 14.1. The molecule has 35 heavy (non-hydrogen) atoms. The number of nitrogens with zero attached hydrogens (tertiary/aromatic N) is 3. The number of hydrogen-bond acceptors (Lipinski definition) is 8. The van der Waals surface area contributed by atoms with Gasteiger partial charge in [-0.25, -0.2) is 8.89 Å². The lowest BCUT2D eigenvalue weighted by Crippen LogP contribution is -2.35. The smallest absolute Gasteiger partial charge is 0.348 e. The van der Waals surface area contributed by atoms with Crippen LogP contribution in [0.5, 0.6) is 5.75 Å². The molecule has 1 aliphatic rings. The average Bonchev–Trinajstić information content (AvgIpc) is 3.33. The molecular formula is C22H26N5O5PS2. The lowest BCUT2D eigenvalue weighted by Gasteiger charge is -2.25. The monoisotopic (exact) mass is 535 g/mol. The Morgan fingerprint density at radius 2 is 2.11 bits per heavy atom. The van der Waals surface area contributed by atoms with E-state index in [0.29, 0.717) is 35.1 Å². The van der Waals surface area contributed by atoms with Crippen molar-refractivity contribution in [2.75, 3.05) is 23.4 Å². The summed E-state index contributed by atoms with van der Waals surface area (Å²) in [5.41, 5.74) is 0.429.